The highest BCUT2D eigenvalue weighted by molar-refractivity contribution is 5.82. The molecule has 5 bridgehead atoms. The Hall–Kier alpha value is -2.36. The van der Waals surface area contributed by atoms with Crippen LogP contribution >= 0.6 is 0 Å². The Balaban J connectivity index is 0.000000350. The number of benzene rings is 1. The van der Waals surface area contributed by atoms with Gasteiger partial charge in [0.05, 0.1) is 29.6 Å². The fourth-order valence-electron chi connectivity index (χ4n) is 10.2. The Morgan fingerprint density at radius 1 is 1.09 bits per heavy atom. The van der Waals surface area contributed by atoms with E-state index in [1.807, 2.05) is 0 Å². The molecule has 6 aliphatic rings. The van der Waals surface area contributed by atoms with Gasteiger partial charge in [0.15, 0.2) is 12.3 Å². The predicted molar refractivity (Wildman–Crippen MR) is 157 cm³/mol. The van der Waals surface area contributed by atoms with Gasteiger partial charge in [-0.1, -0.05) is 39.0 Å². The van der Waals surface area contributed by atoms with Gasteiger partial charge in [-0.2, -0.15) is 0 Å². The molecule has 0 radical (unpaired) electrons. The topological polar surface area (TPSA) is 217 Å². The summed E-state index contributed by atoms with van der Waals surface area (Å²) >= 11 is 0. The molecule has 44 heavy (non-hydrogen) atoms. The maximum absolute atomic E-state index is 12.1. The van der Waals surface area contributed by atoms with Crippen LogP contribution in [0.2, 0.25) is 0 Å². The van der Waals surface area contributed by atoms with Gasteiger partial charge in [-0.3, -0.25) is 4.48 Å². The highest BCUT2D eigenvalue weighted by Gasteiger charge is 2.83. The first-order valence-corrected chi connectivity index (χ1v) is 15.6. The summed E-state index contributed by atoms with van der Waals surface area (Å²) in [6, 6.07) is 9.31. The van der Waals surface area contributed by atoms with Crippen molar-refractivity contribution < 1.29 is 55.3 Å². The maximum atomic E-state index is 12.1. The molecule has 1 spiro atoms. The summed E-state index contributed by atoms with van der Waals surface area (Å²) in [5.41, 5.74) is 2.32. The molecule has 1 aromatic rings. The summed E-state index contributed by atoms with van der Waals surface area (Å²) in [7, 11) is 2.19. The molecular weight excluding hydrogens is 574 g/mol. The first-order chi connectivity index (χ1) is 20.3. The lowest BCUT2D eigenvalue weighted by atomic mass is 9.60. The van der Waals surface area contributed by atoms with Crippen molar-refractivity contribution in [1.29, 1.82) is 0 Å². The molecule has 5 fully saturated rings. The predicted octanol–water partition coefficient (Wildman–Crippen LogP) is -2.51. The maximum Gasteiger partial charge on any atom is 0.335 e. The van der Waals surface area contributed by atoms with E-state index in [-0.39, 0.29) is 47.0 Å². The van der Waals surface area contributed by atoms with Crippen molar-refractivity contribution in [3.63, 3.8) is 0 Å². The molecule has 4 saturated heterocycles. The third-order valence-corrected chi connectivity index (χ3v) is 11.8. The Kier molecular flexibility index (Phi) is 9.76. The summed E-state index contributed by atoms with van der Waals surface area (Å²) in [5, 5.41) is 69.6. The van der Waals surface area contributed by atoms with E-state index in [4.69, 9.17) is 15.3 Å². The van der Waals surface area contributed by atoms with Crippen LogP contribution in [0, 0.1) is 17.8 Å². The number of carboxylic acid groups (broad SMARTS) is 2. The number of nitrogens with zero attached hydrogens (tertiary/aromatic N) is 3. The number of aliphatic hydroxyl groups is 5. The van der Waals surface area contributed by atoms with Crippen molar-refractivity contribution in [2.75, 3.05) is 38.1 Å². The van der Waals surface area contributed by atoms with Crippen LogP contribution in [-0.4, -0.2) is 139 Å². The van der Waals surface area contributed by atoms with E-state index < -0.39 is 36.5 Å². The molecule has 1 saturated carbocycles. The van der Waals surface area contributed by atoms with E-state index >= 15 is 0 Å². The second kappa shape index (κ2) is 12.4. The molecule has 3 unspecified atom stereocenters. The Morgan fingerprint density at radius 2 is 1.73 bits per heavy atom. The summed E-state index contributed by atoms with van der Waals surface area (Å²) in [6.45, 7) is 9.58. The van der Waals surface area contributed by atoms with Crippen molar-refractivity contribution in [3.8, 4) is 0 Å². The second-order valence-electron chi connectivity index (χ2n) is 13.2. The van der Waals surface area contributed by atoms with Gasteiger partial charge in [0.2, 0.25) is 0 Å². The SMILES string of the molecule is CC[C@H]1[C@@H]2C[C@H]3[C@@H]4N(C)c5ccccc5[C@]45C[C@@H](C2[C@H]5O)[N+]3(CC(O)CN(CC)CC)[C@@H]1O.O.O=C([O-])[C@H](O)[C@@H](O)C(=O)O. The molecule has 5 heterocycles. The summed E-state index contributed by atoms with van der Waals surface area (Å²) in [6.07, 6.45) is -3.11. The number of piperidine rings is 4. The molecule has 1 aliphatic carbocycles. The Bertz CT molecular complexity index is 1200. The minimum atomic E-state index is -2.38. The van der Waals surface area contributed by atoms with Crippen molar-refractivity contribution >= 4 is 17.6 Å². The van der Waals surface area contributed by atoms with Crippen LogP contribution < -0.4 is 10.0 Å². The van der Waals surface area contributed by atoms with E-state index in [0.29, 0.717) is 23.5 Å². The van der Waals surface area contributed by atoms with Crippen LogP contribution in [-0.2, 0) is 15.0 Å². The number of hydrogen-bond acceptors (Lipinski definition) is 10. The largest absolute Gasteiger partial charge is 0.547 e. The monoisotopic (exact) mass is 623 g/mol. The number of carbonyl (C=O) groups is 2. The minimum Gasteiger partial charge on any atom is -0.547 e. The highest BCUT2D eigenvalue weighted by Crippen LogP contribution is 2.71. The third kappa shape index (κ3) is 4.66. The molecule has 13 atom stereocenters. The summed E-state index contributed by atoms with van der Waals surface area (Å²) in [4.78, 5) is 24.1. The smallest absolute Gasteiger partial charge is 0.335 e. The molecule has 0 aromatic heterocycles. The van der Waals surface area contributed by atoms with Crippen LogP contribution in [0.3, 0.4) is 0 Å². The van der Waals surface area contributed by atoms with Crippen LogP contribution in [0.25, 0.3) is 0 Å². The average Bonchev–Trinajstić information content (AvgIpc) is 3.37. The van der Waals surface area contributed by atoms with E-state index in [0.717, 1.165) is 32.4 Å². The quantitative estimate of drug-likeness (QED) is 0.150. The normalized spacial score (nSPS) is 39.1. The van der Waals surface area contributed by atoms with Crippen LogP contribution in [0.4, 0.5) is 5.69 Å². The lowest BCUT2D eigenvalue weighted by Gasteiger charge is -2.68. The van der Waals surface area contributed by atoms with Crippen LogP contribution in [0.5, 0.6) is 0 Å². The summed E-state index contributed by atoms with van der Waals surface area (Å²) < 4.78 is 0.601. The van der Waals surface area contributed by atoms with Crippen molar-refractivity contribution in [1.82, 2.24) is 4.90 Å². The van der Waals surface area contributed by atoms with Gasteiger partial charge in [0.1, 0.15) is 24.8 Å². The van der Waals surface area contributed by atoms with E-state index in [2.05, 4.69) is 61.9 Å². The van der Waals surface area contributed by atoms with E-state index in [9.17, 15) is 30.0 Å². The van der Waals surface area contributed by atoms with E-state index in [1.54, 1.807) is 0 Å². The molecule has 13 heteroatoms. The first kappa shape index (κ1) is 34.5. The Labute approximate surface area is 257 Å². The number of fused-ring (bicyclic) bond motifs is 2. The highest BCUT2D eigenvalue weighted by atomic mass is 16.4. The number of aliphatic hydroxyl groups excluding tert-OH is 5. The second-order valence-corrected chi connectivity index (χ2v) is 13.2. The molecule has 248 valence electrons. The Morgan fingerprint density at radius 3 is 2.27 bits per heavy atom. The average molecular weight is 624 g/mol. The number of hydrogen-bond donors (Lipinski definition) is 6. The number of carbonyl (C=O) groups excluding carboxylic acids is 1. The molecule has 5 aliphatic heterocycles. The standard InChI is InChI=1S/C27H42N3O3.C4H6O6.H2O/c1-5-17-18-12-21-24-27(19-10-8-9-11-20(19)28(24)4)13-22(23(18)25(27)32)30(21,26(17)33)15-16(31)14-29(6-2)7-3;5-1(3(7)8)2(6)4(9)10;/h8-11,16-18,21-26,31-33H,5-7,12-15H2,1-4H3;1-2,5-6H,(H,7,8)(H,9,10);1H2/q+1;;/p-1/t16?,17-,18-,21-,22-,23?,24-,25+,26+,27+,30?;1-,2-;/m01./s1. The molecule has 13 nitrogen and oxygen atoms in total. The van der Waals surface area contributed by atoms with Gasteiger partial charge in [-0.05, 0) is 37.1 Å². The molecule has 1 aromatic carbocycles. The van der Waals surface area contributed by atoms with Gasteiger partial charge < -0.3 is 55.8 Å². The zero-order valence-corrected chi connectivity index (χ0v) is 25.9. The fraction of sp³-hybridized carbons (Fsp3) is 0.742. The number of aliphatic carboxylic acids is 2. The number of para-hydroxylation sites is 1. The number of anilines is 1. The zero-order chi connectivity index (χ0) is 31.6. The van der Waals surface area contributed by atoms with Crippen LogP contribution in [0.15, 0.2) is 24.3 Å². The van der Waals surface area contributed by atoms with Gasteiger partial charge in [-0.25, -0.2) is 4.79 Å². The number of rotatable bonds is 10. The number of carboxylic acids is 2. The molecular formula is C31H49N3O10. The third-order valence-electron chi connectivity index (χ3n) is 11.8. The zero-order valence-electron chi connectivity index (χ0n) is 25.9. The minimum absolute atomic E-state index is 0. The summed E-state index contributed by atoms with van der Waals surface area (Å²) in [5.74, 6) is -3.04. The molecule has 0 amide bonds. The van der Waals surface area contributed by atoms with Gasteiger partial charge >= 0.3 is 5.97 Å². The molecule has 8 N–H and O–H groups in total. The van der Waals surface area contributed by atoms with Gasteiger partial charge in [0, 0.05) is 44.0 Å². The van der Waals surface area contributed by atoms with Crippen LogP contribution in [0.1, 0.15) is 45.6 Å². The number of likely N-dealkylation sites (N-methyl/N-ethyl adjacent to an activating group) is 2. The molecule has 7 rings (SSSR count). The van der Waals surface area contributed by atoms with Crippen molar-refractivity contribution in [2.45, 2.75) is 94.2 Å². The lowest BCUT2D eigenvalue weighted by Crippen LogP contribution is -2.84. The fourth-order valence-corrected chi connectivity index (χ4v) is 10.2. The number of quaternary nitrogens is 1. The lowest BCUT2D eigenvalue weighted by molar-refractivity contribution is -1.04. The first-order valence-electron chi connectivity index (χ1n) is 15.6. The van der Waals surface area contributed by atoms with Gasteiger partial charge in [-0.15, -0.1) is 0 Å². The van der Waals surface area contributed by atoms with Crippen molar-refractivity contribution in [3.05, 3.63) is 29.8 Å². The van der Waals surface area contributed by atoms with Crippen molar-refractivity contribution in [2.24, 2.45) is 17.8 Å². The van der Waals surface area contributed by atoms with Gasteiger partial charge in [0.25, 0.3) is 0 Å². The van der Waals surface area contributed by atoms with E-state index in [1.165, 1.54) is 11.3 Å².